The van der Waals surface area contributed by atoms with Gasteiger partial charge in [-0.15, -0.1) is 0 Å². The number of amides is 2. The molecule has 3 atom stereocenters. The van der Waals surface area contributed by atoms with Gasteiger partial charge in [-0.3, -0.25) is 14.1 Å². The highest BCUT2D eigenvalue weighted by atomic mass is 35.5. The molecule has 0 spiro atoms. The van der Waals surface area contributed by atoms with Gasteiger partial charge in [0.25, 0.3) is 0 Å². The Balaban J connectivity index is 2.75. The average Bonchev–Trinajstić information content (AvgIpc) is 2.76. The number of nitrogens with one attached hydrogen (secondary N) is 2. The summed E-state index contributed by atoms with van der Waals surface area (Å²) in [6.07, 6.45) is 2.77. The van der Waals surface area contributed by atoms with Gasteiger partial charge in [0.2, 0.25) is 12.3 Å². The Morgan fingerprint density at radius 3 is 2.57 bits per heavy atom. The Labute approximate surface area is 180 Å². The van der Waals surface area contributed by atoms with E-state index in [1.54, 1.807) is 30.3 Å². The van der Waals surface area contributed by atoms with Crippen LogP contribution in [0.2, 0.25) is 0 Å². The molecule has 0 bridgehead atoms. The van der Waals surface area contributed by atoms with Crippen molar-refractivity contribution in [2.45, 2.75) is 18.0 Å². The third kappa shape index (κ3) is 9.51. The van der Waals surface area contributed by atoms with E-state index < -0.39 is 25.3 Å². The number of rotatable bonds is 15. The third-order valence-electron chi connectivity index (χ3n) is 3.65. The van der Waals surface area contributed by atoms with Crippen molar-refractivity contribution in [2.24, 2.45) is 0 Å². The van der Waals surface area contributed by atoms with Crippen LogP contribution in [-0.2, 0) is 28.2 Å². The van der Waals surface area contributed by atoms with Gasteiger partial charge in [-0.05, 0) is 12.1 Å². The second-order valence-electron chi connectivity index (χ2n) is 5.74. The van der Waals surface area contributed by atoms with E-state index in [2.05, 4.69) is 10.4 Å². The van der Waals surface area contributed by atoms with Crippen LogP contribution in [0.5, 0.6) is 5.75 Å². The fourth-order valence-corrected chi connectivity index (χ4v) is 3.64. The second-order valence-corrected chi connectivity index (χ2v) is 7.99. The van der Waals surface area contributed by atoms with Gasteiger partial charge >= 0.3 is 7.75 Å². The molecule has 0 aliphatic heterocycles. The number of benzene rings is 1. The van der Waals surface area contributed by atoms with Gasteiger partial charge in [-0.1, -0.05) is 29.8 Å². The number of carbonyl (C=O) groups excluding carboxylic acids is 3. The predicted octanol–water partition coefficient (Wildman–Crippen LogP) is 1.67. The number of nitrogens with zero attached hydrogens (tertiary/aromatic N) is 1. The molecule has 0 fully saturated rings. The second kappa shape index (κ2) is 13.9. The summed E-state index contributed by atoms with van der Waals surface area (Å²) in [6.45, 7) is -0.454. The van der Waals surface area contributed by atoms with Crippen LogP contribution in [-0.4, -0.2) is 62.4 Å². The standard InChI is InChI=1S/C18H25ClN3O7P/c1-20-18(25)8-10-22(14-24)17(19)12-16(27-2)13-28-30(26,21-9-11-23)29-15-6-4-3-5-7-15/h3-8,10-11,14,16-17H,9,12-13H2,1-2H3,(H,20,25)(H,21,26)/b10-8-/t16?,17-,30?/m1/s1. The Kier molecular flexibility index (Phi) is 12.0. The molecule has 12 heteroatoms. The van der Waals surface area contributed by atoms with Crippen LogP contribution in [0, 0.1) is 0 Å². The van der Waals surface area contributed by atoms with E-state index in [4.69, 9.17) is 25.4 Å². The molecule has 0 saturated carbocycles. The number of hydrogen-bond acceptors (Lipinski definition) is 7. The summed E-state index contributed by atoms with van der Waals surface area (Å²) in [6, 6.07) is 8.31. The van der Waals surface area contributed by atoms with Gasteiger partial charge in [0.1, 0.15) is 17.5 Å². The van der Waals surface area contributed by atoms with Gasteiger partial charge in [0.15, 0.2) is 0 Å². The Morgan fingerprint density at radius 1 is 1.30 bits per heavy atom. The molecule has 1 aromatic carbocycles. The van der Waals surface area contributed by atoms with E-state index in [0.29, 0.717) is 12.7 Å². The molecule has 0 aliphatic carbocycles. The van der Waals surface area contributed by atoms with Gasteiger partial charge in [0, 0.05) is 32.9 Å². The highest BCUT2D eigenvalue weighted by molar-refractivity contribution is 7.52. The minimum absolute atomic E-state index is 0.0912. The minimum atomic E-state index is -3.88. The molecule has 0 radical (unpaired) electrons. The van der Waals surface area contributed by atoms with E-state index in [-0.39, 0.29) is 25.3 Å². The SMILES string of the molecule is CNC(=O)/C=C\N(C=O)[C@@H](Cl)CC(COP(=O)(NCC=O)Oc1ccccc1)OC. The number of halogens is 1. The molecule has 166 valence electrons. The summed E-state index contributed by atoms with van der Waals surface area (Å²) in [7, 11) is -1.04. The molecule has 30 heavy (non-hydrogen) atoms. The molecule has 2 unspecified atom stereocenters. The Bertz CT molecular complexity index is 751. The number of likely N-dealkylation sites (N-methyl/N-ethyl adjacent to an activating group) is 1. The zero-order valence-electron chi connectivity index (χ0n) is 16.6. The maximum atomic E-state index is 12.9. The van der Waals surface area contributed by atoms with Crippen LogP contribution in [0.15, 0.2) is 42.6 Å². The van der Waals surface area contributed by atoms with Gasteiger partial charge in [0.05, 0.1) is 19.3 Å². The average molecular weight is 462 g/mol. The number of ether oxygens (including phenoxy) is 1. The summed E-state index contributed by atoms with van der Waals surface area (Å²) in [5.74, 6) is -0.118. The molecular formula is C18H25ClN3O7P. The molecule has 0 aromatic heterocycles. The number of methoxy groups -OCH3 is 1. The summed E-state index contributed by atoms with van der Waals surface area (Å²) in [5.41, 5.74) is -0.866. The van der Waals surface area contributed by atoms with Crippen LogP contribution in [0.3, 0.4) is 0 Å². The lowest BCUT2D eigenvalue weighted by Gasteiger charge is -2.25. The van der Waals surface area contributed by atoms with Crippen molar-refractivity contribution >= 4 is 38.0 Å². The minimum Gasteiger partial charge on any atom is -0.413 e. The van der Waals surface area contributed by atoms with Crippen LogP contribution in [0.1, 0.15) is 6.42 Å². The van der Waals surface area contributed by atoms with Crippen LogP contribution >= 0.6 is 19.3 Å². The Morgan fingerprint density at radius 2 is 2.00 bits per heavy atom. The van der Waals surface area contributed by atoms with E-state index in [0.717, 1.165) is 11.0 Å². The topological polar surface area (TPSA) is 123 Å². The normalized spacial score (nSPS) is 15.0. The first-order chi connectivity index (χ1) is 14.4. The van der Waals surface area contributed by atoms with Crippen molar-refractivity contribution in [1.82, 2.24) is 15.3 Å². The van der Waals surface area contributed by atoms with E-state index in [1.807, 2.05) is 0 Å². The zero-order valence-corrected chi connectivity index (χ0v) is 18.3. The zero-order chi connectivity index (χ0) is 22.4. The fraction of sp³-hybridized carbons (Fsp3) is 0.389. The third-order valence-corrected chi connectivity index (χ3v) is 5.56. The number of alkyl halides is 1. The largest absolute Gasteiger partial charge is 0.459 e. The van der Waals surface area contributed by atoms with Crippen molar-refractivity contribution in [3.8, 4) is 5.75 Å². The lowest BCUT2D eigenvalue weighted by atomic mass is 10.2. The number of aldehydes is 1. The molecule has 0 saturated heterocycles. The Hall–Kier alpha value is -2.23. The summed E-state index contributed by atoms with van der Waals surface area (Å²) in [5, 5.41) is 4.81. The van der Waals surface area contributed by atoms with E-state index in [1.165, 1.54) is 20.4 Å². The molecule has 10 nitrogen and oxygen atoms in total. The highest BCUT2D eigenvalue weighted by Crippen LogP contribution is 2.44. The molecule has 0 aliphatic rings. The highest BCUT2D eigenvalue weighted by Gasteiger charge is 2.29. The lowest BCUT2D eigenvalue weighted by molar-refractivity contribution is -0.117. The van der Waals surface area contributed by atoms with Crippen LogP contribution < -0.4 is 14.9 Å². The first kappa shape index (κ1) is 25.8. The monoisotopic (exact) mass is 461 g/mol. The quantitative estimate of drug-likeness (QED) is 0.133. The van der Waals surface area contributed by atoms with E-state index >= 15 is 0 Å². The van der Waals surface area contributed by atoms with Crippen molar-refractivity contribution in [1.29, 1.82) is 0 Å². The van der Waals surface area contributed by atoms with E-state index in [9.17, 15) is 18.9 Å². The van der Waals surface area contributed by atoms with Gasteiger partial charge in [-0.2, -0.15) is 0 Å². The number of carbonyl (C=O) groups is 3. The number of para-hydroxylation sites is 1. The first-order valence-electron chi connectivity index (χ1n) is 8.85. The van der Waals surface area contributed by atoms with Crippen molar-refractivity contribution in [2.75, 3.05) is 27.3 Å². The van der Waals surface area contributed by atoms with Gasteiger partial charge < -0.3 is 24.3 Å². The van der Waals surface area contributed by atoms with Crippen molar-refractivity contribution < 1.29 is 32.7 Å². The molecule has 2 amide bonds. The number of hydrogen-bond donors (Lipinski definition) is 2. The van der Waals surface area contributed by atoms with Crippen molar-refractivity contribution in [3.05, 3.63) is 42.6 Å². The molecular weight excluding hydrogens is 437 g/mol. The molecule has 2 N–H and O–H groups in total. The maximum absolute atomic E-state index is 12.9. The maximum Gasteiger partial charge on any atom is 0.459 e. The van der Waals surface area contributed by atoms with Gasteiger partial charge in [-0.25, -0.2) is 9.65 Å². The molecule has 0 heterocycles. The molecule has 1 aromatic rings. The van der Waals surface area contributed by atoms with Crippen LogP contribution in [0.25, 0.3) is 0 Å². The van der Waals surface area contributed by atoms with Crippen LogP contribution in [0.4, 0.5) is 0 Å². The van der Waals surface area contributed by atoms with Crippen molar-refractivity contribution in [3.63, 3.8) is 0 Å². The summed E-state index contributed by atoms with van der Waals surface area (Å²) < 4.78 is 29.0. The lowest BCUT2D eigenvalue weighted by Crippen LogP contribution is -2.32. The summed E-state index contributed by atoms with van der Waals surface area (Å²) in [4.78, 5) is 34.3. The fourth-order valence-electron chi connectivity index (χ4n) is 2.06. The first-order valence-corrected chi connectivity index (χ1v) is 10.8. The molecule has 1 rings (SSSR count). The summed E-state index contributed by atoms with van der Waals surface area (Å²) >= 11 is 6.22. The predicted molar refractivity (Wildman–Crippen MR) is 111 cm³/mol. The smallest absolute Gasteiger partial charge is 0.413 e.